The van der Waals surface area contributed by atoms with E-state index in [1.165, 1.54) is 11.1 Å². The van der Waals surface area contributed by atoms with Crippen molar-refractivity contribution in [1.29, 1.82) is 0 Å². The van der Waals surface area contributed by atoms with Crippen molar-refractivity contribution in [1.82, 2.24) is 5.32 Å². The predicted molar refractivity (Wildman–Crippen MR) is 123 cm³/mol. The Bertz CT molecular complexity index is 944. The quantitative estimate of drug-likeness (QED) is 0.375. The van der Waals surface area contributed by atoms with E-state index in [0.29, 0.717) is 24.0 Å². The summed E-state index contributed by atoms with van der Waals surface area (Å²) in [5.74, 6) is 1.44. The molecular weight excluding hydrogens is 450 g/mol. The number of nitrogens with one attached hydrogen (secondary N) is 1. The number of hydrogen-bond donors (Lipinski definition) is 1. The lowest BCUT2D eigenvalue weighted by molar-refractivity contribution is 0.267. The molecule has 0 saturated carbocycles. The van der Waals surface area contributed by atoms with Crippen LogP contribution >= 0.6 is 27.5 Å². The maximum atomic E-state index is 6.06. The third-order valence-corrected chi connectivity index (χ3v) is 5.24. The van der Waals surface area contributed by atoms with Gasteiger partial charge in [-0.2, -0.15) is 0 Å². The van der Waals surface area contributed by atoms with Gasteiger partial charge in [0, 0.05) is 18.1 Å². The molecule has 0 atom stereocenters. The van der Waals surface area contributed by atoms with Crippen molar-refractivity contribution >= 4 is 27.5 Å². The standard InChI is InChI=1S/C24H25BrClNO2/c1-3-28-23-13-20(15-27-14-18-9-7-17(2)8-10-18)12-22(25)24(23)29-16-19-5-4-6-21(26)11-19/h4-13,27H,3,14-16H2,1-2H3. The van der Waals surface area contributed by atoms with Gasteiger partial charge in [0.2, 0.25) is 0 Å². The lowest BCUT2D eigenvalue weighted by atomic mass is 10.1. The minimum absolute atomic E-state index is 0.421. The fourth-order valence-electron chi connectivity index (χ4n) is 2.97. The van der Waals surface area contributed by atoms with Gasteiger partial charge in [0.1, 0.15) is 6.61 Å². The van der Waals surface area contributed by atoms with Crippen LogP contribution < -0.4 is 14.8 Å². The zero-order valence-corrected chi connectivity index (χ0v) is 19.0. The normalized spacial score (nSPS) is 10.8. The van der Waals surface area contributed by atoms with Crippen LogP contribution in [-0.4, -0.2) is 6.61 Å². The Morgan fingerprint density at radius 2 is 1.66 bits per heavy atom. The molecule has 5 heteroatoms. The summed E-state index contributed by atoms with van der Waals surface area (Å²) in [6.45, 7) is 6.61. The van der Waals surface area contributed by atoms with Crippen LogP contribution in [-0.2, 0) is 19.7 Å². The molecule has 3 nitrogen and oxygen atoms in total. The van der Waals surface area contributed by atoms with Gasteiger partial charge in [-0.3, -0.25) is 0 Å². The van der Waals surface area contributed by atoms with Crippen LogP contribution in [0.1, 0.15) is 29.2 Å². The molecule has 3 aromatic carbocycles. The topological polar surface area (TPSA) is 30.5 Å². The Balaban J connectivity index is 1.67. The molecule has 0 amide bonds. The Morgan fingerprint density at radius 3 is 2.38 bits per heavy atom. The molecule has 0 spiro atoms. The third kappa shape index (κ3) is 6.49. The maximum absolute atomic E-state index is 6.06. The summed E-state index contributed by atoms with van der Waals surface area (Å²) in [4.78, 5) is 0. The molecule has 0 aliphatic heterocycles. The first kappa shape index (κ1) is 21.7. The van der Waals surface area contributed by atoms with Gasteiger partial charge in [0.25, 0.3) is 0 Å². The second-order valence-electron chi connectivity index (χ2n) is 6.85. The highest BCUT2D eigenvalue weighted by Gasteiger charge is 2.13. The van der Waals surface area contributed by atoms with E-state index in [0.717, 1.165) is 34.4 Å². The number of benzene rings is 3. The van der Waals surface area contributed by atoms with Crippen LogP contribution in [0.15, 0.2) is 65.1 Å². The van der Waals surface area contributed by atoms with Gasteiger partial charge in [-0.25, -0.2) is 0 Å². The molecule has 1 N–H and O–H groups in total. The molecule has 3 rings (SSSR count). The van der Waals surface area contributed by atoms with Crippen LogP contribution in [0.4, 0.5) is 0 Å². The van der Waals surface area contributed by atoms with E-state index in [-0.39, 0.29) is 0 Å². The average Bonchev–Trinajstić information content (AvgIpc) is 2.69. The molecule has 0 unspecified atom stereocenters. The molecule has 0 radical (unpaired) electrons. The van der Waals surface area contributed by atoms with E-state index in [1.54, 1.807) is 0 Å². The first-order chi connectivity index (χ1) is 14.0. The summed E-state index contributed by atoms with van der Waals surface area (Å²) in [5.41, 5.74) is 4.67. The van der Waals surface area contributed by atoms with Crippen molar-refractivity contribution in [2.45, 2.75) is 33.5 Å². The highest BCUT2D eigenvalue weighted by Crippen LogP contribution is 2.37. The number of rotatable bonds is 9. The average molecular weight is 475 g/mol. The molecule has 0 bridgehead atoms. The summed E-state index contributed by atoms with van der Waals surface area (Å²) in [5, 5.41) is 4.18. The molecule has 3 aromatic rings. The van der Waals surface area contributed by atoms with Crippen molar-refractivity contribution in [2.24, 2.45) is 0 Å². The second kappa shape index (κ2) is 10.7. The SMILES string of the molecule is CCOc1cc(CNCc2ccc(C)cc2)cc(Br)c1OCc1cccc(Cl)c1. The summed E-state index contributed by atoms with van der Waals surface area (Å²) in [7, 11) is 0. The molecule has 0 heterocycles. The molecule has 0 aliphatic rings. The number of halogens is 2. The predicted octanol–water partition coefficient (Wildman–Crippen LogP) is 6.68. The van der Waals surface area contributed by atoms with Crippen molar-refractivity contribution in [2.75, 3.05) is 6.61 Å². The lowest BCUT2D eigenvalue weighted by Gasteiger charge is -2.16. The molecule has 152 valence electrons. The van der Waals surface area contributed by atoms with Crippen molar-refractivity contribution in [3.05, 3.63) is 92.4 Å². The fraction of sp³-hybridized carbons (Fsp3) is 0.250. The minimum Gasteiger partial charge on any atom is -0.490 e. The molecule has 0 aromatic heterocycles. The van der Waals surface area contributed by atoms with E-state index >= 15 is 0 Å². The second-order valence-corrected chi connectivity index (χ2v) is 8.14. The van der Waals surface area contributed by atoms with Gasteiger partial charge in [-0.15, -0.1) is 0 Å². The highest BCUT2D eigenvalue weighted by atomic mass is 79.9. The molecule has 0 aliphatic carbocycles. The van der Waals surface area contributed by atoms with Gasteiger partial charge >= 0.3 is 0 Å². The van der Waals surface area contributed by atoms with Crippen LogP contribution in [0.3, 0.4) is 0 Å². The van der Waals surface area contributed by atoms with Gasteiger partial charge in [-0.05, 0) is 70.7 Å². The molecular formula is C24H25BrClNO2. The van der Waals surface area contributed by atoms with E-state index in [9.17, 15) is 0 Å². The van der Waals surface area contributed by atoms with Gasteiger partial charge in [0.15, 0.2) is 11.5 Å². The van der Waals surface area contributed by atoms with Crippen molar-refractivity contribution < 1.29 is 9.47 Å². The Kier molecular flexibility index (Phi) is 7.99. The molecule has 29 heavy (non-hydrogen) atoms. The Labute approximate surface area is 186 Å². The van der Waals surface area contributed by atoms with E-state index in [1.807, 2.05) is 37.3 Å². The van der Waals surface area contributed by atoms with Gasteiger partial charge in [0.05, 0.1) is 11.1 Å². The number of ether oxygens (including phenoxy) is 2. The number of hydrogen-bond acceptors (Lipinski definition) is 3. The van der Waals surface area contributed by atoms with Crippen LogP contribution in [0.5, 0.6) is 11.5 Å². The lowest BCUT2D eigenvalue weighted by Crippen LogP contribution is -2.13. The first-order valence-corrected chi connectivity index (χ1v) is 10.8. The third-order valence-electron chi connectivity index (χ3n) is 4.42. The summed E-state index contributed by atoms with van der Waals surface area (Å²) in [6.07, 6.45) is 0. The zero-order chi connectivity index (χ0) is 20.6. The van der Waals surface area contributed by atoms with E-state index < -0.39 is 0 Å². The summed E-state index contributed by atoms with van der Waals surface area (Å²) in [6, 6.07) is 20.3. The first-order valence-electron chi connectivity index (χ1n) is 9.64. The van der Waals surface area contributed by atoms with Crippen LogP contribution in [0.25, 0.3) is 0 Å². The fourth-order valence-corrected chi connectivity index (χ4v) is 3.78. The van der Waals surface area contributed by atoms with Crippen molar-refractivity contribution in [3.8, 4) is 11.5 Å². The molecule has 0 saturated heterocycles. The summed E-state index contributed by atoms with van der Waals surface area (Å²) < 4.78 is 12.8. The Hall–Kier alpha value is -2.01. The largest absolute Gasteiger partial charge is 0.490 e. The van der Waals surface area contributed by atoms with Crippen LogP contribution in [0.2, 0.25) is 5.02 Å². The zero-order valence-electron chi connectivity index (χ0n) is 16.7. The highest BCUT2D eigenvalue weighted by molar-refractivity contribution is 9.10. The smallest absolute Gasteiger partial charge is 0.175 e. The van der Waals surface area contributed by atoms with Crippen LogP contribution in [0, 0.1) is 6.92 Å². The summed E-state index contributed by atoms with van der Waals surface area (Å²) >= 11 is 9.71. The van der Waals surface area contributed by atoms with Crippen molar-refractivity contribution in [3.63, 3.8) is 0 Å². The Morgan fingerprint density at radius 1 is 0.897 bits per heavy atom. The number of aryl methyl sites for hydroxylation is 1. The monoisotopic (exact) mass is 473 g/mol. The van der Waals surface area contributed by atoms with E-state index in [2.05, 4.69) is 58.5 Å². The molecule has 0 fully saturated rings. The van der Waals surface area contributed by atoms with Gasteiger partial charge < -0.3 is 14.8 Å². The van der Waals surface area contributed by atoms with Gasteiger partial charge in [-0.1, -0.05) is 53.6 Å². The maximum Gasteiger partial charge on any atom is 0.175 e. The van der Waals surface area contributed by atoms with E-state index in [4.69, 9.17) is 21.1 Å². The minimum atomic E-state index is 0.421.